The Kier molecular flexibility index (Phi) is 3.95. The molecule has 1 aromatic carbocycles. The predicted octanol–water partition coefficient (Wildman–Crippen LogP) is 1.70. The number of hydrogen-bond donors (Lipinski definition) is 2. The van der Waals surface area contributed by atoms with Crippen molar-refractivity contribution in [2.45, 2.75) is 0 Å². The number of aromatic nitrogens is 1. The van der Waals surface area contributed by atoms with E-state index in [0.29, 0.717) is 11.3 Å². The van der Waals surface area contributed by atoms with Crippen LogP contribution < -0.4 is 10.6 Å². The summed E-state index contributed by atoms with van der Waals surface area (Å²) in [5.74, 6) is -0.191. The molecule has 6 heteroatoms. The van der Waals surface area contributed by atoms with Gasteiger partial charge in [0.05, 0.1) is 0 Å². The van der Waals surface area contributed by atoms with Crippen molar-refractivity contribution in [2.75, 3.05) is 11.9 Å². The fourth-order valence-corrected chi connectivity index (χ4v) is 1.78. The van der Waals surface area contributed by atoms with Gasteiger partial charge in [0.2, 0.25) is 0 Å². The fourth-order valence-electron chi connectivity index (χ4n) is 1.66. The molecule has 102 valence electrons. The lowest BCUT2D eigenvalue weighted by atomic mass is 10.2. The molecule has 0 fully saturated rings. The molecule has 20 heavy (non-hydrogen) atoms. The van der Waals surface area contributed by atoms with Crippen LogP contribution in [0.4, 0.5) is 5.69 Å². The summed E-state index contributed by atoms with van der Waals surface area (Å²) < 4.78 is 0. The Labute approximate surface area is 121 Å². The lowest BCUT2D eigenvalue weighted by Gasteiger charge is -2.17. The second-order valence-corrected chi connectivity index (χ2v) is 4.62. The quantitative estimate of drug-likeness (QED) is 0.840. The second kappa shape index (κ2) is 5.66. The summed E-state index contributed by atoms with van der Waals surface area (Å²) in [6.45, 7) is 0. The van der Waals surface area contributed by atoms with Crippen LogP contribution in [0.15, 0.2) is 42.6 Å². The van der Waals surface area contributed by atoms with Crippen LogP contribution in [0.3, 0.4) is 0 Å². The lowest BCUT2D eigenvalue weighted by molar-refractivity contribution is 0.0988. The topological polar surface area (TPSA) is 79.5 Å². The molecule has 0 saturated heterocycles. The minimum Gasteiger partial charge on any atom is -0.508 e. The standard InChI is InChI=1S/C14H13N3O2S/c1-17(10-3-2-4-11(18)7-10)14(19)12-6-5-9(8-16-12)13(15)20/h2-8,18H,1H3,(H2,15,20). The second-order valence-electron chi connectivity index (χ2n) is 4.18. The summed E-state index contributed by atoms with van der Waals surface area (Å²) >= 11 is 4.83. The number of carbonyl (C=O) groups excluding carboxylic acids is 1. The summed E-state index contributed by atoms with van der Waals surface area (Å²) in [5.41, 5.74) is 6.94. The molecule has 2 aromatic rings. The van der Waals surface area contributed by atoms with Crippen LogP contribution in [0.2, 0.25) is 0 Å². The van der Waals surface area contributed by atoms with Crippen molar-refractivity contribution in [2.24, 2.45) is 5.73 Å². The van der Waals surface area contributed by atoms with E-state index in [9.17, 15) is 9.90 Å². The van der Waals surface area contributed by atoms with Gasteiger partial charge in [-0.3, -0.25) is 9.78 Å². The molecule has 0 aliphatic heterocycles. The number of phenolic OH excluding ortho intramolecular Hbond substituents is 1. The molecule has 0 spiro atoms. The molecular formula is C14H13N3O2S. The van der Waals surface area contributed by atoms with Crippen LogP contribution in [-0.2, 0) is 0 Å². The first kappa shape index (κ1) is 14.0. The SMILES string of the molecule is CN(C(=O)c1ccc(C(N)=S)cn1)c1cccc(O)c1. The molecule has 3 N–H and O–H groups in total. The molecule has 0 unspecified atom stereocenters. The Morgan fingerprint density at radius 2 is 2.10 bits per heavy atom. The van der Waals surface area contributed by atoms with E-state index in [1.807, 2.05) is 0 Å². The summed E-state index contributed by atoms with van der Waals surface area (Å²) in [4.78, 5) is 17.9. The molecular weight excluding hydrogens is 274 g/mol. The first-order valence-corrected chi connectivity index (χ1v) is 6.23. The van der Waals surface area contributed by atoms with Gasteiger partial charge in [-0.2, -0.15) is 0 Å². The van der Waals surface area contributed by atoms with E-state index in [4.69, 9.17) is 18.0 Å². The Morgan fingerprint density at radius 3 is 2.65 bits per heavy atom. The third-order valence-electron chi connectivity index (χ3n) is 2.79. The van der Waals surface area contributed by atoms with Crippen molar-refractivity contribution in [3.8, 4) is 5.75 Å². The zero-order valence-corrected chi connectivity index (χ0v) is 11.6. The minimum atomic E-state index is -0.287. The molecule has 0 bridgehead atoms. The zero-order chi connectivity index (χ0) is 14.7. The number of phenols is 1. The van der Waals surface area contributed by atoms with E-state index in [1.54, 1.807) is 31.3 Å². The van der Waals surface area contributed by atoms with Crippen LogP contribution in [-0.4, -0.2) is 28.0 Å². The molecule has 1 heterocycles. The van der Waals surface area contributed by atoms with Crippen LogP contribution in [0.5, 0.6) is 5.75 Å². The van der Waals surface area contributed by atoms with Gasteiger partial charge in [-0.05, 0) is 24.3 Å². The molecule has 0 atom stereocenters. The van der Waals surface area contributed by atoms with Crippen molar-refractivity contribution in [3.63, 3.8) is 0 Å². The minimum absolute atomic E-state index is 0.0962. The number of nitrogens with zero attached hydrogens (tertiary/aromatic N) is 2. The van der Waals surface area contributed by atoms with E-state index < -0.39 is 0 Å². The maximum atomic E-state index is 12.3. The lowest BCUT2D eigenvalue weighted by Crippen LogP contribution is -2.27. The van der Waals surface area contributed by atoms with Crippen molar-refractivity contribution in [1.29, 1.82) is 0 Å². The predicted molar refractivity (Wildman–Crippen MR) is 81.0 cm³/mol. The molecule has 0 aliphatic rings. The van der Waals surface area contributed by atoms with Gasteiger partial charge in [0, 0.05) is 30.6 Å². The van der Waals surface area contributed by atoms with Gasteiger partial charge in [0.25, 0.3) is 5.91 Å². The third kappa shape index (κ3) is 2.92. The van der Waals surface area contributed by atoms with E-state index >= 15 is 0 Å². The fraction of sp³-hybridized carbons (Fsp3) is 0.0714. The van der Waals surface area contributed by atoms with E-state index in [-0.39, 0.29) is 22.3 Å². The summed E-state index contributed by atoms with van der Waals surface area (Å²) in [6, 6.07) is 9.64. The van der Waals surface area contributed by atoms with Crippen LogP contribution in [0, 0.1) is 0 Å². The molecule has 0 aliphatic carbocycles. The van der Waals surface area contributed by atoms with Gasteiger partial charge >= 0.3 is 0 Å². The van der Waals surface area contributed by atoms with Gasteiger partial charge in [0.15, 0.2) is 0 Å². The molecule has 2 rings (SSSR count). The summed E-state index contributed by atoms with van der Waals surface area (Å²) in [7, 11) is 1.61. The summed E-state index contributed by atoms with van der Waals surface area (Å²) in [5, 5.41) is 9.43. The Hall–Kier alpha value is -2.47. The van der Waals surface area contributed by atoms with Crippen molar-refractivity contribution < 1.29 is 9.90 Å². The molecule has 1 amide bonds. The highest BCUT2D eigenvalue weighted by Gasteiger charge is 2.15. The summed E-state index contributed by atoms with van der Waals surface area (Å²) in [6.07, 6.45) is 1.46. The van der Waals surface area contributed by atoms with Crippen molar-refractivity contribution in [3.05, 3.63) is 53.9 Å². The first-order chi connectivity index (χ1) is 9.49. The number of amides is 1. The normalized spacial score (nSPS) is 10.1. The molecule has 0 radical (unpaired) electrons. The Bertz CT molecular complexity index is 656. The first-order valence-electron chi connectivity index (χ1n) is 5.82. The average Bonchev–Trinajstić information content (AvgIpc) is 2.46. The highest BCUT2D eigenvalue weighted by molar-refractivity contribution is 7.80. The molecule has 0 saturated carbocycles. The molecule has 5 nitrogen and oxygen atoms in total. The number of aromatic hydroxyl groups is 1. The van der Waals surface area contributed by atoms with Gasteiger partial charge in [-0.25, -0.2) is 0 Å². The highest BCUT2D eigenvalue weighted by Crippen LogP contribution is 2.20. The maximum absolute atomic E-state index is 12.3. The number of anilines is 1. The Balaban J connectivity index is 2.24. The van der Waals surface area contributed by atoms with Gasteiger partial charge < -0.3 is 15.7 Å². The zero-order valence-electron chi connectivity index (χ0n) is 10.8. The maximum Gasteiger partial charge on any atom is 0.276 e. The van der Waals surface area contributed by atoms with E-state index in [1.165, 1.54) is 23.2 Å². The van der Waals surface area contributed by atoms with E-state index in [0.717, 1.165) is 0 Å². The van der Waals surface area contributed by atoms with Crippen LogP contribution in [0.1, 0.15) is 16.1 Å². The molecule has 1 aromatic heterocycles. The number of carbonyl (C=O) groups is 1. The number of nitrogens with two attached hydrogens (primary N) is 1. The van der Waals surface area contributed by atoms with Gasteiger partial charge in [0.1, 0.15) is 16.4 Å². The van der Waals surface area contributed by atoms with Crippen molar-refractivity contribution in [1.82, 2.24) is 4.98 Å². The smallest absolute Gasteiger partial charge is 0.276 e. The third-order valence-corrected chi connectivity index (χ3v) is 3.02. The van der Waals surface area contributed by atoms with Gasteiger partial charge in [-0.15, -0.1) is 0 Å². The highest BCUT2D eigenvalue weighted by atomic mass is 32.1. The largest absolute Gasteiger partial charge is 0.508 e. The van der Waals surface area contributed by atoms with E-state index in [2.05, 4.69) is 4.98 Å². The number of rotatable bonds is 3. The van der Waals surface area contributed by atoms with Gasteiger partial charge in [-0.1, -0.05) is 18.3 Å². The number of hydrogen-bond acceptors (Lipinski definition) is 4. The van der Waals surface area contributed by atoms with Crippen LogP contribution >= 0.6 is 12.2 Å². The average molecular weight is 287 g/mol. The van der Waals surface area contributed by atoms with Crippen LogP contribution in [0.25, 0.3) is 0 Å². The number of benzene rings is 1. The Morgan fingerprint density at radius 1 is 1.35 bits per heavy atom. The van der Waals surface area contributed by atoms with Crippen molar-refractivity contribution >= 4 is 28.8 Å². The monoisotopic (exact) mass is 287 g/mol. The number of pyridine rings is 1. The number of thiocarbonyl (C=S) groups is 1.